The number of carbonyl (C=O) groups excluding carboxylic acids is 2. The van der Waals surface area contributed by atoms with E-state index in [-0.39, 0.29) is 19.0 Å². The van der Waals surface area contributed by atoms with Gasteiger partial charge in [-0.15, -0.1) is 0 Å². The molecule has 1 heterocycles. The van der Waals surface area contributed by atoms with Gasteiger partial charge in [-0.1, -0.05) is 12.1 Å². The minimum atomic E-state index is -1.54. The van der Waals surface area contributed by atoms with Crippen LogP contribution in [0.15, 0.2) is 18.2 Å². The molecule has 0 saturated carbocycles. The van der Waals surface area contributed by atoms with Crippen LogP contribution < -0.4 is 20.5 Å². The van der Waals surface area contributed by atoms with Gasteiger partial charge < -0.3 is 30.5 Å². The first-order chi connectivity index (χ1) is 11.9. The predicted octanol–water partition coefficient (Wildman–Crippen LogP) is -0.368. The lowest BCUT2D eigenvalue weighted by Crippen LogP contribution is -2.58. The molecule has 138 valence electrons. The molecule has 2 rings (SSSR count). The summed E-state index contributed by atoms with van der Waals surface area (Å²) < 4.78 is 10.7. The average molecular weight is 351 g/mol. The lowest BCUT2D eigenvalue weighted by Gasteiger charge is -2.38. The Morgan fingerprint density at radius 1 is 1.40 bits per heavy atom. The van der Waals surface area contributed by atoms with Crippen LogP contribution in [0.1, 0.15) is 18.4 Å². The van der Waals surface area contributed by atoms with Crippen LogP contribution in [0.2, 0.25) is 0 Å². The zero-order valence-electron chi connectivity index (χ0n) is 14.6. The Labute approximate surface area is 146 Å². The molecule has 1 atom stereocenters. The van der Waals surface area contributed by atoms with Crippen molar-refractivity contribution >= 4 is 11.8 Å². The van der Waals surface area contributed by atoms with E-state index in [4.69, 9.17) is 15.2 Å². The van der Waals surface area contributed by atoms with Gasteiger partial charge in [0.05, 0.1) is 20.8 Å². The third kappa shape index (κ3) is 4.40. The molecule has 4 N–H and O–H groups in total. The van der Waals surface area contributed by atoms with E-state index in [1.54, 1.807) is 25.2 Å². The Morgan fingerprint density at radius 3 is 2.80 bits per heavy atom. The number of carbonyl (C=O) groups is 2. The van der Waals surface area contributed by atoms with Crippen molar-refractivity contribution in [1.82, 2.24) is 10.2 Å². The summed E-state index contributed by atoms with van der Waals surface area (Å²) in [6.45, 7) is 0.745. The van der Waals surface area contributed by atoms with Gasteiger partial charge in [0.1, 0.15) is 0 Å². The van der Waals surface area contributed by atoms with Crippen LogP contribution in [0.25, 0.3) is 0 Å². The zero-order chi connectivity index (χ0) is 18.4. The fourth-order valence-electron chi connectivity index (χ4n) is 3.06. The molecule has 1 aliphatic heterocycles. The Kier molecular flexibility index (Phi) is 6.22. The molecule has 8 nitrogen and oxygen atoms in total. The highest BCUT2D eigenvalue weighted by Crippen LogP contribution is 2.33. The summed E-state index contributed by atoms with van der Waals surface area (Å²) in [6.07, 6.45) is 0.996. The van der Waals surface area contributed by atoms with E-state index in [1.165, 1.54) is 0 Å². The Hall–Kier alpha value is -2.32. The highest BCUT2D eigenvalue weighted by Gasteiger charge is 2.42. The Balaban J connectivity index is 2.12. The molecular formula is C17H25N3O5. The second kappa shape index (κ2) is 8.17. The second-order valence-electron chi connectivity index (χ2n) is 6.08. The molecule has 0 aromatic heterocycles. The van der Waals surface area contributed by atoms with Crippen molar-refractivity contribution < 1.29 is 24.2 Å². The molecular weight excluding hydrogens is 326 g/mol. The third-order valence-corrected chi connectivity index (χ3v) is 4.27. The summed E-state index contributed by atoms with van der Waals surface area (Å²) >= 11 is 0. The number of primary amides is 1. The molecule has 0 unspecified atom stereocenters. The van der Waals surface area contributed by atoms with Crippen molar-refractivity contribution in [2.75, 3.05) is 33.9 Å². The van der Waals surface area contributed by atoms with E-state index < -0.39 is 11.5 Å². The molecule has 1 aliphatic rings. The van der Waals surface area contributed by atoms with Crippen molar-refractivity contribution in [3.8, 4) is 11.5 Å². The number of methoxy groups -OCH3 is 2. The molecule has 1 saturated heterocycles. The highest BCUT2D eigenvalue weighted by atomic mass is 16.5. The van der Waals surface area contributed by atoms with E-state index in [1.807, 2.05) is 12.1 Å². The Bertz CT molecular complexity index is 637. The maximum atomic E-state index is 12.7. The van der Waals surface area contributed by atoms with Gasteiger partial charge in [-0.25, -0.2) is 0 Å². The number of amides is 2. The number of rotatable bonds is 8. The maximum absolute atomic E-state index is 12.7. The fourth-order valence-corrected chi connectivity index (χ4v) is 3.06. The topological polar surface area (TPSA) is 114 Å². The molecule has 0 radical (unpaired) electrons. The van der Waals surface area contributed by atoms with Crippen LogP contribution in [0.3, 0.4) is 0 Å². The minimum Gasteiger partial charge on any atom is -0.493 e. The lowest BCUT2D eigenvalue weighted by molar-refractivity contribution is -0.157. The van der Waals surface area contributed by atoms with Gasteiger partial charge in [0.15, 0.2) is 17.1 Å². The van der Waals surface area contributed by atoms with Crippen molar-refractivity contribution in [3.05, 3.63) is 23.8 Å². The predicted molar refractivity (Wildman–Crippen MR) is 91.2 cm³/mol. The molecule has 1 fully saturated rings. The van der Waals surface area contributed by atoms with Gasteiger partial charge in [0.2, 0.25) is 5.91 Å². The molecule has 25 heavy (non-hydrogen) atoms. The number of benzene rings is 1. The second-order valence-corrected chi connectivity index (χ2v) is 6.08. The lowest BCUT2D eigenvalue weighted by atomic mass is 9.91. The van der Waals surface area contributed by atoms with Gasteiger partial charge in [-0.2, -0.15) is 0 Å². The summed E-state index contributed by atoms with van der Waals surface area (Å²) in [6, 6.07) is 5.46. The number of aliphatic hydroxyl groups is 1. The first-order valence-electron chi connectivity index (χ1n) is 8.12. The zero-order valence-corrected chi connectivity index (χ0v) is 14.6. The summed E-state index contributed by atoms with van der Waals surface area (Å²) in [4.78, 5) is 25.1. The third-order valence-electron chi connectivity index (χ3n) is 4.27. The van der Waals surface area contributed by atoms with E-state index in [9.17, 15) is 14.7 Å². The van der Waals surface area contributed by atoms with Crippen LogP contribution in [0, 0.1) is 0 Å². The average Bonchev–Trinajstić information content (AvgIpc) is 2.58. The van der Waals surface area contributed by atoms with Crippen molar-refractivity contribution in [2.24, 2.45) is 5.73 Å². The number of nitrogens with two attached hydrogens (primary N) is 1. The molecule has 0 aliphatic carbocycles. The van der Waals surface area contributed by atoms with Crippen molar-refractivity contribution in [3.63, 3.8) is 0 Å². The maximum Gasteiger partial charge on any atom is 0.256 e. The number of hydrogen-bond donors (Lipinski definition) is 3. The van der Waals surface area contributed by atoms with E-state index >= 15 is 0 Å². The smallest absolute Gasteiger partial charge is 0.256 e. The SMILES string of the molecule is COc1cccc(CN2CCC[C@](O)(CNCC(N)=O)C2=O)c1OC. The number of nitrogens with zero attached hydrogens (tertiary/aromatic N) is 1. The Morgan fingerprint density at radius 2 is 2.16 bits per heavy atom. The van der Waals surface area contributed by atoms with Gasteiger partial charge in [-0.3, -0.25) is 9.59 Å². The largest absolute Gasteiger partial charge is 0.493 e. The summed E-state index contributed by atoms with van der Waals surface area (Å²) in [5.74, 6) is 0.243. The number of hydrogen-bond acceptors (Lipinski definition) is 6. The van der Waals surface area contributed by atoms with Crippen molar-refractivity contribution in [2.45, 2.75) is 25.0 Å². The summed E-state index contributed by atoms with van der Waals surface area (Å²) in [5.41, 5.74) is 4.32. The number of ether oxygens (including phenoxy) is 2. The van der Waals surface area contributed by atoms with Crippen LogP contribution in [-0.2, 0) is 16.1 Å². The quantitative estimate of drug-likeness (QED) is 0.589. The fraction of sp³-hybridized carbons (Fsp3) is 0.529. The molecule has 1 aromatic carbocycles. The van der Waals surface area contributed by atoms with Gasteiger partial charge in [0, 0.05) is 25.2 Å². The summed E-state index contributed by atoms with van der Waals surface area (Å²) in [7, 11) is 3.10. The first kappa shape index (κ1) is 19.0. The summed E-state index contributed by atoms with van der Waals surface area (Å²) in [5, 5.41) is 13.4. The van der Waals surface area contributed by atoms with Crippen LogP contribution in [0.5, 0.6) is 11.5 Å². The van der Waals surface area contributed by atoms with Gasteiger partial charge in [-0.05, 0) is 18.9 Å². The normalized spacial score (nSPS) is 20.4. The van der Waals surface area contributed by atoms with E-state index in [0.717, 1.165) is 5.56 Å². The van der Waals surface area contributed by atoms with Gasteiger partial charge in [0.25, 0.3) is 5.91 Å². The number of piperidine rings is 1. The number of para-hydroxylation sites is 1. The number of nitrogens with one attached hydrogen (secondary N) is 1. The minimum absolute atomic E-state index is 0.0134. The van der Waals surface area contributed by atoms with E-state index in [2.05, 4.69) is 5.32 Å². The highest BCUT2D eigenvalue weighted by molar-refractivity contribution is 5.86. The monoisotopic (exact) mass is 351 g/mol. The first-order valence-corrected chi connectivity index (χ1v) is 8.12. The molecule has 0 bridgehead atoms. The molecule has 2 amide bonds. The van der Waals surface area contributed by atoms with Gasteiger partial charge >= 0.3 is 0 Å². The molecule has 0 spiro atoms. The molecule has 8 heteroatoms. The number of likely N-dealkylation sites (tertiary alicyclic amines) is 1. The van der Waals surface area contributed by atoms with Crippen LogP contribution in [0.4, 0.5) is 0 Å². The van der Waals surface area contributed by atoms with E-state index in [0.29, 0.717) is 37.4 Å². The van der Waals surface area contributed by atoms with Crippen LogP contribution >= 0.6 is 0 Å². The van der Waals surface area contributed by atoms with Crippen molar-refractivity contribution in [1.29, 1.82) is 0 Å². The molecule has 1 aromatic rings. The van der Waals surface area contributed by atoms with Crippen LogP contribution in [-0.4, -0.2) is 61.3 Å². The standard InChI is InChI=1S/C17H25N3O5/c1-24-13-6-3-5-12(15(13)25-2)10-20-8-4-7-17(23,16(20)22)11-19-9-14(18)21/h3,5-6,19,23H,4,7-11H2,1-2H3,(H2,18,21)/t17-/m0/s1.